The van der Waals surface area contributed by atoms with Crippen LogP contribution in [-0.4, -0.2) is 48.6 Å². The van der Waals surface area contributed by atoms with Crippen molar-refractivity contribution in [3.8, 4) is 0 Å². The number of anilines is 3. The predicted octanol–water partition coefficient (Wildman–Crippen LogP) is 1.12. The van der Waals surface area contributed by atoms with Crippen LogP contribution >= 0.6 is 0 Å². The SMILES string of the molecule is [2H]C([2H])([2H])NC(=O)c1nnc(NC(=O)C2CC23CC3)cc1Nc1ncccc1S(C)(=O)=O. The molecule has 4 rings (SSSR count). The monoisotopic (exact) mass is 419 g/mol. The molecule has 10 nitrogen and oxygen atoms in total. The molecule has 2 amide bonds. The van der Waals surface area contributed by atoms with Gasteiger partial charge in [-0.05, 0) is 36.8 Å². The van der Waals surface area contributed by atoms with Crippen LogP contribution in [0.15, 0.2) is 29.3 Å². The van der Waals surface area contributed by atoms with Crippen LogP contribution in [0.3, 0.4) is 0 Å². The van der Waals surface area contributed by atoms with Gasteiger partial charge in [-0.15, -0.1) is 10.2 Å². The highest BCUT2D eigenvalue weighted by molar-refractivity contribution is 7.90. The first-order valence-corrected chi connectivity index (χ1v) is 10.7. The van der Waals surface area contributed by atoms with Crippen LogP contribution in [0.4, 0.5) is 17.3 Å². The Morgan fingerprint density at radius 2 is 2.10 bits per heavy atom. The summed E-state index contributed by atoms with van der Waals surface area (Å²) in [5.74, 6) is -1.43. The fourth-order valence-corrected chi connectivity index (χ4v) is 4.11. The molecule has 2 aromatic heterocycles. The Labute approximate surface area is 171 Å². The van der Waals surface area contributed by atoms with E-state index < -0.39 is 28.4 Å². The first kappa shape index (κ1) is 15.8. The smallest absolute Gasteiger partial charge is 0.273 e. The van der Waals surface area contributed by atoms with Crippen LogP contribution in [0.2, 0.25) is 0 Å². The molecule has 0 aromatic carbocycles. The molecule has 2 heterocycles. The summed E-state index contributed by atoms with van der Waals surface area (Å²) in [6.07, 6.45) is 5.20. The molecule has 0 aliphatic heterocycles. The molecule has 2 aromatic rings. The molecule has 3 N–H and O–H groups in total. The fraction of sp³-hybridized carbons (Fsp3) is 0.389. The molecule has 0 bridgehead atoms. The zero-order valence-corrected chi connectivity index (χ0v) is 16.2. The Balaban J connectivity index is 1.67. The van der Waals surface area contributed by atoms with Crippen LogP contribution in [0, 0.1) is 11.3 Å². The van der Waals surface area contributed by atoms with E-state index in [-0.39, 0.29) is 39.5 Å². The third-order valence-electron chi connectivity index (χ3n) is 5.20. The molecule has 1 spiro atoms. The topological polar surface area (TPSA) is 143 Å². The summed E-state index contributed by atoms with van der Waals surface area (Å²) in [6.45, 7) is -2.78. The highest BCUT2D eigenvalue weighted by atomic mass is 32.2. The summed E-state index contributed by atoms with van der Waals surface area (Å²) in [5.41, 5.74) is -0.358. The van der Waals surface area contributed by atoms with Gasteiger partial charge in [0.1, 0.15) is 10.7 Å². The van der Waals surface area contributed by atoms with Crippen LogP contribution in [0.1, 0.15) is 33.9 Å². The van der Waals surface area contributed by atoms with E-state index in [1.807, 2.05) is 0 Å². The van der Waals surface area contributed by atoms with Crippen molar-refractivity contribution >= 4 is 39.0 Å². The number of nitrogens with zero attached hydrogens (tertiary/aromatic N) is 3. The Morgan fingerprint density at radius 3 is 2.76 bits per heavy atom. The number of carbonyl (C=O) groups is 2. The van der Waals surface area contributed by atoms with Crippen molar-refractivity contribution in [2.24, 2.45) is 11.3 Å². The van der Waals surface area contributed by atoms with Crippen LogP contribution < -0.4 is 16.0 Å². The van der Waals surface area contributed by atoms with E-state index in [2.05, 4.69) is 25.8 Å². The van der Waals surface area contributed by atoms with Gasteiger partial charge in [0.15, 0.2) is 21.3 Å². The Morgan fingerprint density at radius 1 is 1.31 bits per heavy atom. The van der Waals surface area contributed by atoms with Gasteiger partial charge in [-0.2, -0.15) is 0 Å². The number of hydrogen-bond donors (Lipinski definition) is 3. The van der Waals surface area contributed by atoms with Crippen molar-refractivity contribution in [3.05, 3.63) is 30.1 Å². The molecule has 152 valence electrons. The highest BCUT2D eigenvalue weighted by Crippen LogP contribution is 2.70. The highest BCUT2D eigenvalue weighted by Gasteiger charge is 2.65. The van der Waals surface area contributed by atoms with E-state index >= 15 is 0 Å². The molecule has 2 fully saturated rings. The number of nitrogens with one attached hydrogen (secondary N) is 3. The van der Waals surface area contributed by atoms with Gasteiger partial charge in [0.25, 0.3) is 5.91 Å². The summed E-state index contributed by atoms with van der Waals surface area (Å²) in [6, 6.07) is 4.04. The maximum atomic E-state index is 12.5. The Bertz CT molecular complexity index is 1210. The quantitative estimate of drug-likeness (QED) is 0.632. The summed E-state index contributed by atoms with van der Waals surface area (Å²) in [4.78, 5) is 28.8. The maximum Gasteiger partial charge on any atom is 0.273 e. The average Bonchev–Trinajstić information content (AvgIpc) is 3.59. The van der Waals surface area contributed by atoms with Gasteiger partial charge in [0.05, 0.1) is 5.69 Å². The van der Waals surface area contributed by atoms with Crippen molar-refractivity contribution in [2.75, 3.05) is 23.9 Å². The maximum absolute atomic E-state index is 12.5. The van der Waals surface area contributed by atoms with Crippen molar-refractivity contribution in [2.45, 2.75) is 24.2 Å². The zero-order chi connectivity index (χ0) is 23.3. The van der Waals surface area contributed by atoms with Gasteiger partial charge < -0.3 is 16.0 Å². The van der Waals surface area contributed by atoms with Crippen molar-refractivity contribution in [3.63, 3.8) is 0 Å². The van der Waals surface area contributed by atoms with Gasteiger partial charge in [-0.1, -0.05) is 0 Å². The molecule has 0 saturated heterocycles. The molecule has 1 atom stereocenters. The third kappa shape index (κ3) is 3.77. The van der Waals surface area contributed by atoms with Gasteiger partial charge in [0.2, 0.25) is 5.91 Å². The summed E-state index contributed by atoms with van der Waals surface area (Å²) >= 11 is 0. The van der Waals surface area contributed by atoms with Gasteiger partial charge in [0, 0.05) is 35.5 Å². The molecule has 2 aliphatic carbocycles. The Kier molecular flexibility index (Phi) is 3.68. The van der Waals surface area contributed by atoms with E-state index in [4.69, 9.17) is 4.11 Å². The number of amides is 2. The number of rotatable bonds is 6. The lowest BCUT2D eigenvalue weighted by Crippen LogP contribution is -2.23. The van der Waals surface area contributed by atoms with E-state index in [1.54, 1.807) is 5.32 Å². The molecular formula is C18H20N6O4S. The number of hydrogen-bond acceptors (Lipinski definition) is 8. The molecular weight excluding hydrogens is 396 g/mol. The van der Waals surface area contributed by atoms with Gasteiger partial charge in [-0.25, -0.2) is 13.4 Å². The summed E-state index contributed by atoms with van der Waals surface area (Å²) < 4.78 is 45.9. The summed E-state index contributed by atoms with van der Waals surface area (Å²) in [5, 5.41) is 14.8. The molecule has 0 radical (unpaired) electrons. The minimum Gasteiger partial charge on any atom is -0.354 e. The number of pyridine rings is 1. The molecule has 11 heteroatoms. The Hall–Kier alpha value is -3.08. The van der Waals surface area contributed by atoms with Gasteiger partial charge >= 0.3 is 0 Å². The second-order valence-electron chi connectivity index (χ2n) is 7.30. The van der Waals surface area contributed by atoms with E-state index in [0.717, 1.165) is 25.5 Å². The van der Waals surface area contributed by atoms with E-state index in [1.165, 1.54) is 24.4 Å². The number of sulfone groups is 1. The van der Waals surface area contributed by atoms with Crippen molar-refractivity contribution in [1.29, 1.82) is 0 Å². The number of aromatic nitrogens is 3. The van der Waals surface area contributed by atoms with E-state index in [9.17, 15) is 18.0 Å². The van der Waals surface area contributed by atoms with Crippen LogP contribution in [0.25, 0.3) is 0 Å². The van der Waals surface area contributed by atoms with Crippen molar-refractivity contribution < 1.29 is 22.1 Å². The predicted molar refractivity (Wildman–Crippen MR) is 104 cm³/mol. The second-order valence-corrected chi connectivity index (χ2v) is 9.29. The number of carbonyl (C=O) groups excluding carboxylic acids is 2. The minimum absolute atomic E-state index is 0.0301. The average molecular weight is 419 g/mol. The van der Waals surface area contributed by atoms with Crippen molar-refractivity contribution in [1.82, 2.24) is 20.5 Å². The normalized spacial score (nSPS) is 20.7. The first-order chi connectivity index (χ1) is 14.9. The lowest BCUT2D eigenvalue weighted by molar-refractivity contribution is -0.117. The lowest BCUT2D eigenvalue weighted by atomic mass is 10.2. The lowest BCUT2D eigenvalue weighted by Gasteiger charge is -2.13. The fourth-order valence-electron chi connectivity index (χ4n) is 3.33. The standard InChI is InChI=1S/C18H20N6O4S/c1-19-17(26)14-11(21-15-12(29(2,27)28)4-3-7-20-15)8-13(23-24-14)22-16(25)10-9-18(10)5-6-18/h3-4,7-8,10H,5-6,9H2,1-2H3,(H,19,26)(H2,20,21,22,23,25)/i1D3. The summed E-state index contributed by atoms with van der Waals surface area (Å²) in [7, 11) is -3.67. The third-order valence-corrected chi connectivity index (χ3v) is 6.32. The largest absolute Gasteiger partial charge is 0.354 e. The van der Waals surface area contributed by atoms with Crippen LogP contribution in [0.5, 0.6) is 0 Å². The van der Waals surface area contributed by atoms with Gasteiger partial charge in [-0.3, -0.25) is 9.59 Å². The second kappa shape index (κ2) is 6.76. The van der Waals surface area contributed by atoms with Crippen LogP contribution in [-0.2, 0) is 14.6 Å². The molecule has 2 saturated carbocycles. The van der Waals surface area contributed by atoms with E-state index in [0.29, 0.717) is 0 Å². The molecule has 1 unspecified atom stereocenters. The zero-order valence-electron chi connectivity index (χ0n) is 18.4. The first-order valence-electron chi connectivity index (χ1n) is 10.3. The minimum atomic E-state index is -3.67. The molecule has 29 heavy (non-hydrogen) atoms. The molecule has 2 aliphatic rings.